The van der Waals surface area contributed by atoms with Crippen molar-refractivity contribution in [2.45, 2.75) is 69.9 Å². The Morgan fingerprint density at radius 3 is 1.59 bits per heavy atom. The minimum absolute atomic E-state index is 0.0261. The number of rotatable bonds is 19. The minimum atomic E-state index is -0.982. The second-order valence-electron chi connectivity index (χ2n) is 16.1. The molecule has 0 amide bonds. The Morgan fingerprint density at radius 1 is 0.621 bits per heavy atom. The van der Waals surface area contributed by atoms with Gasteiger partial charge in [0, 0.05) is 28.9 Å². The van der Waals surface area contributed by atoms with Gasteiger partial charge in [0.05, 0.1) is 49.9 Å². The summed E-state index contributed by atoms with van der Waals surface area (Å²) in [5, 5.41) is 37.0. The predicted octanol–water partition coefficient (Wildman–Crippen LogP) is 8.08. The van der Waals surface area contributed by atoms with Crippen LogP contribution in [0.3, 0.4) is 0 Å². The molecule has 1 aliphatic rings. The zero-order chi connectivity index (χ0) is 47.2. The molecule has 1 unspecified atom stereocenters. The quantitative estimate of drug-likeness (QED) is 0.0384. The number of carboxylic acid groups (broad SMARTS) is 2. The third kappa shape index (κ3) is 13.2. The van der Waals surface area contributed by atoms with Crippen molar-refractivity contribution in [3.63, 3.8) is 0 Å². The molecule has 6 aromatic rings. The van der Waals surface area contributed by atoms with Crippen LogP contribution in [-0.2, 0) is 46.8 Å². The van der Waals surface area contributed by atoms with Crippen molar-refractivity contribution in [3.8, 4) is 33.8 Å². The van der Waals surface area contributed by atoms with Gasteiger partial charge in [-0.15, -0.1) is 0 Å². The van der Waals surface area contributed by atoms with E-state index >= 15 is 4.39 Å². The highest BCUT2D eigenvalue weighted by molar-refractivity contribution is 5.72. The molecular weight excluding hydrogens is 849 g/mol. The average Bonchev–Trinajstić information content (AvgIpc) is 3.85. The molecule has 0 aliphatic carbocycles. The van der Waals surface area contributed by atoms with Crippen LogP contribution in [0.4, 0.5) is 14.5 Å². The van der Waals surface area contributed by atoms with E-state index in [1.165, 1.54) is 6.07 Å². The Hall–Kier alpha value is -6.68. The number of hydrogen-bond acceptors (Lipinski definition) is 10. The predicted molar refractivity (Wildman–Crippen MR) is 248 cm³/mol. The molecule has 0 aromatic heterocycles. The fourth-order valence-electron chi connectivity index (χ4n) is 7.70. The van der Waals surface area contributed by atoms with E-state index in [0.29, 0.717) is 45.7 Å². The molecule has 10 N–H and O–H groups in total. The topological polar surface area (TPSA) is 221 Å². The van der Waals surface area contributed by atoms with Crippen LogP contribution in [0.1, 0.15) is 70.3 Å². The molecule has 1 fully saturated rings. The fraction of sp³-hybridized carbons (Fsp3) is 0.269. The Balaban J connectivity index is 0.000000222. The summed E-state index contributed by atoms with van der Waals surface area (Å²) in [4.78, 5) is 22.3. The number of aliphatic hydroxyl groups is 2. The summed E-state index contributed by atoms with van der Waals surface area (Å²) in [6.07, 6.45) is 3.04. The smallest absolute Gasteiger partial charge is 0.307 e. The van der Waals surface area contributed by atoms with Crippen molar-refractivity contribution in [3.05, 3.63) is 172 Å². The normalized spacial score (nSPS) is 14.2. The van der Waals surface area contributed by atoms with Crippen LogP contribution >= 0.6 is 0 Å². The molecular formula is C52H55F2N3O9. The van der Waals surface area contributed by atoms with Crippen molar-refractivity contribution in [1.82, 2.24) is 0 Å². The molecule has 0 spiro atoms. The number of para-hydroxylation sites is 2. The van der Waals surface area contributed by atoms with Gasteiger partial charge >= 0.3 is 11.9 Å². The van der Waals surface area contributed by atoms with Gasteiger partial charge in [-0.2, -0.15) is 0 Å². The molecule has 1 heterocycles. The Morgan fingerprint density at radius 2 is 1.11 bits per heavy atom. The number of carboxylic acids is 2. The number of aliphatic hydroxyl groups excluding tert-OH is 2. The van der Waals surface area contributed by atoms with Crippen LogP contribution in [-0.4, -0.2) is 58.3 Å². The zero-order valence-electron chi connectivity index (χ0n) is 36.4. The lowest BCUT2D eigenvalue weighted by atomic mass is 9.94. The average molecular weight is 904 g/mol. The largest absolute Gasteiger partial charge is 0.488 e. The summed E-state index contributed by atoms with van der Waals surface area (Å²) in [6, 6.07) is 34.2. The Labute approximate surface area is 382 Å². The molecule has 346 valence electrons. The summed E-state index contributed by atoms with van der Waals surface area (Å²) in [5.41, 5.74) is 24.7. The first-order valence-corrected chi connectivity index (χ1v) is 21.6. The van der Waals surface area contributed by atoms with Crippen molar-refractivity contribution in [2.24, 2.45) is 11.5 Å². The maximum Gasteiger partial charge on any atom is 0.307 e. The first kappa shape index (κ1) is 48.8. The van der Waals surface area contributed by atoms with E-state index in [-0.39, 0.29) is 62.4 Å². The van der Waals surface area contributed by atoms with Crippen molar-refractivity contribution in [1.29, 1.82) is 0 Å². The zero-order valence-corrected chi connectivity index (χ0v) is 36.4. The lowest BCUT2D eigenvalue weighted by molar-refractivity contribution is -0.137. The molecule has 3 atom stereocenters. The molecule has 66 heavy (non-hydrogen) atoms. The van der Waals surface area contributed by atoms with Gasteiger partial charge in [0.15, 0.2) is 5.82 Å². The number of anilines is 1. The molecule has 12 nitrogen and oxygen atoms in total. The van der Waals surface area contributed by atoms with Crippen LogP contribution in [0.2, 0.25) is 0 Å². The molecule has 6 aromatic carbocycles. The number of aryl methyl sites for hydroxylation is 1. The van der Waals surface area contributed by atoms with Gasteiger partial charge in [-0.25, -0.2) is 8.78 Å². The summed E-state index contributed by atoms with van der Waals surface area (Å²) >= 11 is 0. The Bertz CT molecular complexity index is 2600. The number of halogens is 2. The second kappa shape index (κ2) is 23.5. The van der Waals surface area contributed by atoms with Crippen LogP contribution in [0.25, 0.3) is 22.3 Å². The van der Waals surface area contributed by atoms with Gasteiger partial charge in [0.25, 0.3) is 0 Å². The molecule has 0 saturated carbocycles. The molecule has 1 saturated heterocycles. The first-order chi connectivity index (χ1) is 31.8. The summed E-state index contributed by atoms with van der Waals surface area (Å²) in [6.45, 7) is 0.230. The standard InChI is InChI=1S/C29H32FNO5.C23H23FN2O4/c30-29-22(10-11-25-8-4-12-35-25)14-23(19-6-3-7-20(13-19)26(31)17-32)15-24(29)18-36-27-9-2-1-5-21(27)16-28(33)34;24-23-18(13-30-21-7-2-1-4-16(21)11-22(28)29)9-17(10-19(23)25)14-5-3-6-15(8-14)20(26)12-27/h1-3,5-7,9,13-15,25-26,32H,4,8,10-12,16-18,31H2,(H,33,34);1-10,20,27H,11-13,25-26H2,(H,28,29)/t25?,26-;20-/m11/s1. The summed E-state index contributed by atoms with van der Waals surface area (Å²) < 4.78 is 47.6. The van der Waals surface area contributed by atoms with Crippen LogP contribution in [0.15, 0.2) is 121 Å². The van der Waals surface area contributed by atoms with Crippen molar-refractivity contribution < 1.29 is 53.0 Å². The van der Waals surface area contributed by atoms with Crippen LogP contribution in [0.5, 0.6) is 11.5 Å². The van der Waals surface area contributed by atoms with Gasteiger partial charge in [0.2, 0.25) is 0 Å². The van der Waals surface area contributed by atoms with Gasteiger partial charge < -0.3 is 51.8 Å². The monoisotopic (exact) mass is 903 g/mol. The minimum Gasteiger partial charge on any atom is -0.488 e. The van der Waals surface area contributed by atoms with Gasteiger partial charge in [-0.3, -0.25) is 9.59 Å². The molecule has 0 radical (unpaired) electrons. The van der Waals surface area contributed by atoms with Crippen molar-refractivity contribution in [2.75, 3.05) is 25.6 Å². The lowest BCUT2D eigenvalue weighted by Crippen LogP contribution is -2.14. The first-order valence-electron chi connectivity index (χ1n) is 21.6. The van der Waals surface area contributed by atoms with Crippen LogP contribution < -0.4 is 26.7 Å². The van der Waals surface area contributed by atoms with E-state index in [0.717, 1.165) is 53.7 Å². The highest BCUT2D eigenvalue weighted by Gasteiger charge is 2.20. The van der Waals surface area contributed by atoms with Gasteiger partial charge in [-0.05, 0) is 113 Å². The number of ether oxygens (including phenoxy) is 3. The number of hydrogen-bond donors (Lipinski definition) is 7. The number of aliphatic carboxylic acids is 2. The number of nitrogens with two attached hydrogens (primary N) is 3. The molecule has 0 bridgehead atoms. The van der Waals surface area contributed by atoms with E-state index < -0.39 is 29.8 Å². The van der Waals surface area contributed by atoms with Crippen molar-refractivity contribution >= 4 is 17.6 Å². The van der Waals surface area contributed by atoms with Gasteiger partial charge in [-0.1, -0.05) is 72.8 Å². The maximum atomic E-state index is 15.6. The molecule has 14 heteroatoms. The third-order valence-electron chi connectivity index (χ3n) is 11.2. The Kier molecular flexibility index (Phi) is 17.4. The molecule has 7 rings (SSSR count). The van der Waals surface area contributed by atoms with E-state index in [1.54, 1.807) is 72.8 Å². The number of nitrogen functional groups attached to an aromatic ring is 1. The van der Waals surface area contributed by atoms with E-state index in [1.807, 2.05) is 42.5 Å². The number of benzene rings is 6. The van der Waals surface area contributed by atoms with Crippen LogP contribution in [0, 0.1) is 11.6 Å². The lowest BCUT2D eigenvalue weighted by Gasteiger charge is -2.17. The summed E-state index contributed by atoms with van der Waals surface area (Å²) in [5.74, 6) is -2.06. The fourth-order valence-corrected chi connectivity index (χ4v) is 7.70. The van der Waals surface area contributed by atoms with E-state index in [4.69, 9.17) is 36.5 Å². The van der Waals surface area contributed by atoms with Gasteiger partial charge in [0.1, 0.15) is 30.5 Å². The molecule has 1 aliphatic heterocycles. The summed E-state index contributed by atoms with van der Waals surface area (Å²) in [7, 11) is 0. The SMILES string of the molecule is N[C@H](CO)c1cccc(-c2cc(CCC3CCCO3)c(F)c(COc3ccccc3CC(=O)O)c2)c1.Nc1cc(-c2cccc([C@H](N)CO)c2)cc(COc2ccccc2CC(=O)O)c1F. The van der Waals surface area contributed by atoms with E-state index in [9.17, 15) is 29.3 Å². The maximum absolute atomic E-state index is 15.6. The van der Waals surface area contributed by atoms with E-state index in [2.05, 4.69) is 0 Å². The third-order valence-corrected chi connectivity index (χ3v) is 11.2. The highest BCUT2D eigenvalue weighted by atomic mass is 19.1. The second-order valence-corrected chi connectivity index (χ2v) is 16.1. The highest BCUT2D eigenvalue weighted by Crippen LogP contribution is 2.32. The number of carbonyl (C=O) groups is 2.